The van der Waals surface area contributed by atoms with Crippen LogP contribution in [0, 0.1) is 11.7 Å². The Morgan fingerprint density at radius 2 is 1.64 bits per heavy atom. The molecule has 0 radical (unpaired) electrons. The second-order valence-corrected chi connectivity index (χ2v) is 6.54. The molecule has 2 rings (SSSR count). The number of halogens is 6. The lowest BCUT2D eigenvalue weighted by Crippen LogP contribution is -2.45. The predicted molar refractivity (Wildman–Crippen MR) is 97.2 cm³/mol. The molecule has 2 nitrogen and oxygen atoms in total. The lowest BCUT2D eigenvalue weighted by Gasteiger charge is -2.36. The van der Waals surface area contributed by atoms with E-state index in [0.717, 1.165) is 45.1 Å². The van der Waals surface area contributed by atoms with Crippen LogP contribution in [0.3, 0.4) is 0 Å². The molecule has 1 heterocycles. The average Bonchev–Trinajstić information content (AvgIpc) is 2.47. The molecule has 25 heavy (non-hydrogen) atoms. The van der Waals surface area contributed by atoms with E-state index in [1.807, 2.05) is 0 Å². The van der Waals surface area contributed by atoms with Crippen molar-refractivity contribution in [3.8, 4) is 0 Å². The highest BCUT2D eigenvalue weighted by molar-refractivity contribution is 5.85. The number of benzene rings is 1. The van der Waals surface area contributed by atoms with Crippen molar-refractivity contribution in [3.05, 3.63) is 35.1 Å². The highest BCUT2D eigenvalue weighted by atomic mass is 35.5. The van der Waals surface area contributed by atoms with E-state index in [4.69, 9.17) is 0 Å². The van der Waals surface area contributed by atoms with E-state index in [1.54, 1.807) is 0 Å². The van der Waals surface area contributed by atoms with Gasteiger partial charge in [-0.05, 0) is 42.5 Å². The number of hydrogen-bond acceptors (Lipinski definition) is 2. The summed E-state index contributed by atoms with van der Waals surface area (Å²) >= 11 is 0. The summed E-state index contributed by atoms with van der Waals surface area (Å²) in [5.74, 6) is -0.365. The van der Waals surface area contributed by atoms with Gasteiger partial charge < -0.3 is 5.32 Å². The normalized spacial score (nSPS) is 16.9. The summed E-state index contributed by atoms with van der Waals surface area (Å²) in [5, 5.41) is 3.24. The summed E-state index contributed by atoms with van der Waals surface area (Å²) < 4.78 is 52.7. The van der Waals surface area contributed by atoms with Gasteiger partial charge in [-0.2, -0.15) is 13.2 Å². The highest BCUT2D eigenvalue weighted by Gasteiger charge is 2.33. The maximum atomic E-state index is 13.8. The van der Waals surface area contributed by atoms with Gasteiger partial charge in [0.25, 0.3) is 0 Å². The molecule has 1 aromatic carbocycles. The van der Waals surface area contributed by atoms with Crippen molar-refractivity contribution in [1.29, 1.82) is 0 Å². The first-order chi connectivity index (χ1) is 10.8. The van der Waals surface area contributed by atoms with Crippen molar-refractivity contribution < 1.29 is 17.6 Å². The highest BCUT2D eigenvalue weighted by Crippen LogP contribution is 2.34. The molecule has 1 aromatic rings. The fraction of sp³-hybridized carbons (Fsp3) is 0.647. The monoisotopic (exact) mass is 404 g/mol. The molecular weight excluding hydrogens is 379 g/mol. The Kier molecular flexibility index (Phi) is 10.3. The van der Waals surface area contributed by atoms with Gasteiger partial charge in [-0.25, -0.2) is 4.39 Å². The molecule has 1 N–H and O–H groups in total. The van der Waals surface area contributed by atoms with Gasteiger partial charge in [-0.15, -0.1) is 24.8 Å². The molecule has 0 unspecified atom stereocenters. The Hall–Kier alpha value is -0.560. The predicted octanol–water partition coefficient (Wildman–Crippen LogP) is 5.07. The van der Waals surface area contributed by atoms with Crippen molar-refractivity contribution in [2.45, 2.75) is 38.9 Å². The van der Waals surface area contributed by atoms with E-state index in [1.165, 1.54) is 6.07 Å². The number of hydrogen-bond donors (Lipinski definition) is 1. The Morgan fingerprint density at radius 3 is 2.16 bits per heavy atom. The van der Waals surface area contributed by atoms with E-state index >= 15 is 0 Å². The van der Waals surface area contributed by atoms with Crippen LogP contribution in [0.1, 0.15) is 43.9 Å². The minimum Gasteiger partial charge on any atom is -0.314 e. The Balaban J connectivity index is 0.00000288. The third kappa shape index (κ3) is 7.29. The molecule has 0 saturated carbocycles. The second kappa shape index (κ2) is 10.6. The quantitative estimate of drug-likeness (QED) is 0.689. The van der Waals surface area contributed by atoms with Crippen LogP contribution < -0.4 is 5.32 Å². The van der Waals surface area contributed by atoms with E-state index in [0.29, 0.717) is 17.5 Å². The number of nitrogens with one attached hydrogen (secondary N) is 1. The minimum absolute atomic E-state index is 0. The van der Waals surface area contributed by atoms with Crippen LogP contribution in [-0.4, -0.2) is 31.1 Å². The lowest BCUT2D eigenvalue weighted by molar-refractivity contribution is -0.137. The average molecular weight is 405 g/mol. The van der Waals surface area contributed by atoms with Crippen molar-refractivity contribution in [2.75, 3.05) is 26.2 Å². The molecule has 1 saturated heterocycles. The Labute approximate surface area is 159 Å². The van der Waals surface area contributed by atoms with Crippen LogP contribution in [0.2, 0.25) is 0 Å². The van der Waals surface area contributed by atoms with E-state index in [-0.39, 0.29) is 30.9 Å². The second-order valence-electron chi connectivity index (χ2n) is 6.54. The molecule has 0 bridgehead atoms. The van der Waals surface area contributed by atoms with Crippen molar-refractivity contribution in [1.82, 2.24) is 10.2 Å². The van der Waals surface area contributed by atoms with Gasteiger partial charge in [-0.3, -0.25) is 4.90 Å². The van der Waals surface area contributed by atoms with Gasteiger partial charge in [-0.1, -0.05) is 13.8 Å². The first-order valence-corrected chi connectivity index (χ1v) is 8.10. The van der Waals surface area contributed by atoms with Gasteiger partial charge in [0.05, 0.1) is 5.56 Å². The summed E-state index contributed by atoms with van der Waals surface area (Å²) in [6.45, 7) is 7.31. The number of rotatable bonds is 5. The van der Waals surface area contributed by atoms with Crippen molar-refractivity contribution in [2.24, 2.45) is 5.92 Å². The molecule has 0 spiro atoms. The molecular formula is C17H26Cl2F4N2. The third-order valence-electron chi connectivity index (χ3n) is 4.24. The van der Waals surface area contributed by atoms with Crippen LogP contribution in [0.4, 0.5) is 17.6 Å². The van der Waals surface area contributed by atoms with Gasteiger partial charge in [0, 0.05) is 32.2 Å². The number of nitrogens with zero attached hydrogens (tertiary/aromatic N) is 1. The molecule has 146 valence electrons. The maximum Gasteiger partial charge on any atom is 0.416 e. The van der Waals surface area contributed by atoms with Gasteiger partial charge >= 0.3 is 6.18 Å². The van der Waals surface area contributed by atoms with E-state index < -0.39 is 17.6 Å². The van der Waals surface area contributed by atoms with E-state index in [2.05, 4.69) is 24.1 Å². The van der Waals surface area contributed by atoms with Gasteiger partial charge in [0.15, 0.2) is 0 Å². The molecule has 1 aliphatic rings. The molecule has 1 atom stereocenters. The van der Waals surface area contributed by atoms with Crippen LogP contribution in [0.25, 0.3) is 0 Å². The lowest BCUT2D eigenvalue weighted by atomic mass is 9.94. The molecule has 1 fully saturated rings. The summed E-state index contributed by atoms with van der Waals surface area (Å²) in [6, 6.07) is 2.76. The van der Waals surface area contributed by atoms with E-state index in [9.17, 15) is 17.6 Å². The topological polar surface area (TPSA) is 15.3 Å². The minimum atomic E-state index is -4.52. The largest absolute Gasteiger partial charge is 0.416 e. The summed E-state index contributed by atoms with van der Waals surface area (Å²) in [4.78, 5) is 2.16. The Bertz CT molecular complexity index is 518. The fourth-order valence-corrected chi connectivity index (χ4v) is 3.01. The molecule has 0 aromatic heterocycles. The SMILES string of the molecule is CC(C)CC[C@H](c1cc(F)cc(C(F)(F)F)c1)N1CCNCC1.Cl.Cl. The summed E-state index contributed by atoms with van der Waals surface area (Å²) in [7, 11) is 0. The van der Waals surface area contributed by atoms with Crippen LogP contribution in [-0.2, 0) is 6.18 Å². The van der Waals surface area contributed by atoms with Crippen molar-refractivity contribution in [3.63, 3.8) is 0 Å². The Morgan fingerprint density at radius 1 is 1.04 bits per heavy atom. The maximum absolute atomic E-state index is 13.8. The van der Waals surface area contributed by atoms with Crippen LogP contribution in [0.5, 0.6) is 0 Å². The standard InChI is InChI=1S/C17H24F4N2.2ClH/c1-12(2)3-4-16(23-7-5-22-6-8-23)13-9-14(17(19,20)21)11-15(18)10-13;;/h9-12,16,22H,3-8H2,1-2H3;2*1H/t16-;;/m1../s1. The third-order valence-corrected chi connectivity index (χ3v) is 4.24. The van der Waals surface area contributed by atoms with Gasteiger partial charge in [0.1, 0.15) is 5.82 Å². The zero-order valence-corrected chi connectivity index (χ0v) is 16.0. The first-order valence-electron chi connectivity index (χ1n) is 8.10. The molecule has 0 aliphatic carbocycles. The smallest absolute Gasteiger partial charge is 0.314 e. The van der Waals surface area contributed by atoms with Crippen molar-refractivity contribution >= 4 is 24.8 Å². The first kappa shape index (κ1) is 24.4. The molecule has 8 heteroatoms. The van der Waals surface area contributed by atoms with Gasteiger partial charge in [0.2, 0.25) is 0 Å². The number of alkyl halides is 3. The number of piperazine rings is 1. The van der Waals surface area contributed by atoms with Crippen LogP contribution in [0.15, 0.2) is 18.2 Å². The molecule has 0 amide bonds. The summed E-state index contributed by atoms with van der Waals surface area (Å²) in [5.41, 5.74) is -0.475. The molecule has 1 aliphatic heterocycles. The zero-order valence-electron chi connectivity index (χ0n) is 14.4. The fourth-order valence-electron chi connectivity index (χ4n) is 3.01. The summed E-state index contributed by atoms with van der Waals surface area (Å²) in [6.07, 6.45) is -2.90. The zero-order chi connectivity index (χ0) is 17.0. The van der Waals surface area contributed by atoms with Crippen LogP contribution >= 0.6 is 24.8 Å².